The maximum absolute atomic E-state index is 12.7. The van der Waals surface area contributed by atoms with E-state index in [2.05, 4.69) is 35.0 Å². The van der Waals surface area contributed by atoms with Gasteiger partial charge in [0.25, 0.3) is 0 Å². The van der Waals surface area contributed by atoms with E-state index in [0.717, 1.165) is 17.3 Å². The molecule has 0 unspecified atom stereocenters. The monoisotopic (exact) mass is 540 g/mol. The second kappa shape index (κ2) is 12.3. The summed E-state index contributed by atoms with van der Waals surface area (Å²) < 4.78 is 9.17. The Morgan fingerprint density at radius 1 is 1.27 bits per heavy atom. The van der Waals surface area contributed by atoms with Gasteiger partial charge in [-0.25, -0.2) is 4.98 Å². The van der Waals surface area contributed by atoms with Crippen LogP contribution in [0.3, 0.4) is 0 Å². The van der Waals surface area contributed by atoms with Gasteiger partial charge in [0.05, 0.1) is 34.9 Å². The van der Waals surface area contributed by atoms with Crippen molar-refractivity contribution in [2.75, 3.05) is 6.61 Å². The minimum atomic E-state index is -1.21. The molecule has 11 heteroatoms. The normalized spacial score (nSPS) is 12.2. The second-order valence-corrected chi connectivity index (χ2v) is 16.3. The Labute approximate surface area is 223 Å². The van der Waals surface area contributed by atoms with Crippen molar-refractivity contribution in [1.82, 2.24) is 24.6 Å². The molecule has 9 nitrogen and oxygen atoms in total. The number of carbonyl (C=O) groups is 2. The van der Waals surface area contributed by atoms with Crippen molar-refractivity contribution in [2.45, 2.75) is 65.3 Å². The molecule has 1 aromatic carbocycles. The molecular formula is C26H33ClN6O3Si. The largest absolute Gasteiger partial charge is 0.361 e. The number of hydrogen-bond acceptors (Lipinski definition) is 6. The Morgan fingerprint density at radius 3 is 2.68 bits per heavy atom. The number of Topliss-reactive ketones (excluding diaryl/α,β-unsaturated/α-hetero) is 1. The summed E-state index contributed by atoms with van der Waals surface area (Å²) in [6.45, 7) is 11.5. The summed E-state index contributed by atoms with van der Waals surface area (Å²) in [5, 5.41) is 16.9. The molecule has 196 valence electrons. The van der Waals surface area contributed by atoms with E-state index >= 15 is 0 Å². The molecule has 2 heterocycles. The van der Waals surface area contributed by atoms with Crippen LogP contribution in [0.25, 0.3) is 11.3 Å². The number of carbonyl (C=O) groups excluding carboxylic acids is 2. The topological polar surface area (TPSA) is 115 Å². The highest BCUT2D eigenvalue weighted by Crippen LogP contribution is 2.24. The highest BCUT2D eigenvalue weighted by molar-refractivity contribution is 6.76. The third-order valence-electron chi connectivity index (χ3n) is 5.60. The van der Waals surface area contributed by atoms with Gasteiger partial charge in [-0.15, -0.1) is 0 Å². The summed E-state index contributed by atoms with van der Waals surface area (Å²) in [4.78, 5) is 29.0. The maximum Gasteiger partial charge on any atom is 0.226 e. The highest BCUT2D eigenvalue weighted by atomic mass is 35.5. The van der Waals surface area contributed by atoms with Gasteiger partial charge >= 0.3 is 0 Å². The number of imidazole rings is 1. The molecule has 0 bridgehead atoms. The number of ketones is 1. The third kappa shape index (κ3) is 8.38. The number of nitriles is 1. The molecular weight excluding hydrogens is 508 g/mol. The predicted molar refractivity (Wildman–Crippen MR) is 145 cm³/mol. The van der Waals surface area contributed by atoms with E-state index in [0.29, 0.717) is 29.4 Å². The summed E-state index contributed by atoms with van der Waals surface area (Å²) in [7, 11) is -1.21. The van der Waals surface area contributed by atoms with Gasteiger partial charge in [0, 0.05) is 45.6 Å². The van der Waals surface area contributed by atoms with Crippen molar-refractivity contribution in [3.63, 3.8) is 0 Å². The van der Waals surface area contributed by atoms with Crippen LogP contribution in [0.2, 0.25) is 30.7 Å². The van der Waals surface area contributed by atoms with Crippen LogP contribution < -0.4 is 5.32 Å². The van der Waals surface area contributed by atoms with E-state index in [-0.39, 0.29) is 36.7 Å². The lowest BCUT2D eigenvalue weighted by Crippen LogP contribution is -2.36. The van der Waals surface area contributed by atoms with E-state index in [1.165, 1.54) is 6.92 Å². The summed E-state index contributed by atoms with van der Waals surface area (Å²) in [5.74, 6) is -0.0826. The van der Waals surface area contributed by atoms with E-state index in [1.807, 2.05) is 25.3 Å². The van der Waals surface area contributed by atoms with Gasteiger partial charge in [-0.1, -0.05) is 37.3 Å². The van der Waals surface area contributed by atoms with E-state index < -0.39 is 8.07 Å². The van der Waals surface area contributed by atoms with Gasteiger partial charge in [-0.05, 0) is 31.2 Å². The lowest BCUT2D eigenvalue weighted by atomic mass is 10.1. The number of nitrogens with zero attached hydrogens (tertiary/aromatic N) is 5. The van der Waals surface area contributed by atoms with Crippen molar-refractivity contribution in [1.29, 1.82) is 5.26 Å². The molecule has 3 aromatic rings. The molecule has 0 aliphatic carbocycles. The number of benzene rings is 1. The van der Waals surface area contributed by atoms with Crippen molar-refractivity contribution in [2.24, 2.45) is 0 Å². The van der Waals surface area contributed by atoms with Crippen molar-refractivity contribution in [3.05, 3.63) is 58.8 Å². The molecule has 1 amide bonds. The molecule has 0 aliphatic rings. The molecule has 37 heavy (non-hydrogen) atoms. The lowest BCUT2D eigenvalue weighted by Gasteiger charge is -2.15. The molecule has 1 N–H and O–H groups in total. The predicted octanol–water partition coefficient (Wildman–Crippen LogP) is 4.53. The summed E-state index contributed by atoms with van der Waals surface area (Å²) >= 11 is 6.14. The first-order chi connectivity index (χ1) is 17.4. The fraction of sp³-hybridized carbons (Fsp3) is 0.423. The fourth-order valence-electron chi connectivity index (χ4n) is 3.67. The lowest BCUT2D eigenvalue weighted by molar-refractivity contribution is -0.121. The van der Waals surface area contributed by atoms with Gasteiger partial charge < -0.3 is 14.6 Å². The summed E-state index contributed by atoms with van der Waals surface area (Å²) in [6.07, 6.45) is 3.59. The number of nitrogens with one attached hydrogen (secondary N) is 1. The maximum atomic E-state index is 12.7. The summed E-state index contributed by atoms with van der Waals surface area (Å²) in [5.41, 5.74) is 2.46. The minimum Gasteiger partial charge on any atom is -0.361 e. The standard InChI is InChI=1S/C26H33ClN6O3Si/c1-18(15-33-9-8-24(31-33)20-6-7-21(14-28)23(27)12-20)29-25(35)13-22-16-32(26(30-22)19(2)34)17-36-10-11-37(3,4)5/h6-9,12,16,18H,10-11,13,15,17H2,1-5H3,(H,29,35)/t18-/m0/s1. The first kappa shape index (κ1) is 28.3. The first-order valence-corrected chi connectivity index (χ1v) is 16.2. The number of hydrogen-bond donors (Lipinski definition) is 1. The van der Waals surface area contributed by atoms with Gasteiger partial charge in [0.2, 0.25) is 5.91 Å². The van der Waals surface area contributed by atoms with Gasteiger partial charge in [-0.3, -0.25) is 14.3 Å². The number of halogens is 1. The first-order valence-electron chi connectivity index (χ1n) is 12.1. The fourth-order valence-corrected chi connectivity index (χ4v) is 4.65. The molecule has 0 aliphatic heterocycles. The Morgan fingerprint density at radius 2 is 2.03 bits per heavy atom. The summed E-state index contributed by atoms with van der Waals surface area (Å²) in [6, 6.07) is 9.91. The quantitative estimate of drug-likeness (QED) is 0.205. The molecule has 0 fully saturated rings. The van der Waals surface area contributed by atoms with Crippen LogP contribution in [0.5, 0.6) is 0 Å². The number of amides is 1. The molecule has 0 radical (unpaired) electrons. The van der Waals surface area contributed by atoms with Crippen LogP contribution >= 0.6 is 11.6 Å². The Bertz CT molecular complexity index is 1300. The Hall–Kier alpha value is -3.26. The van der Waals surface area contributed by atoms with Crippen LogP contribution in [0.1, 0.15) is 35.7 Å². The third-order valence-corrected chi connectivity index (χ3v) is 7.62. The van der Waals surface area contributed by atoms with Crippen LogP contribution in [0.15, 0.2) is 36.7 Å². The van der Waals surface area contributed by atoms with Crippen molar-refractivity contribution in [3.8, 4) is 17.3 Å². The molecule has 3 rings (SSSR count). The Balaban J connectivity index is 1.55. The van der Waals surface area contributed by atoms with E-state index in [1.54, 1.807) is 33.6 Å². The van der Waals surface area contributed by atoms with Crippen molar-refractivity contribution >= 4 is 31.4 Å². The zero-order valence-corrected chi connectivity index (χ0v) is 23.7. The van der Waals surface area contributed by atoms with Gasteiger partial charge in [0.15, 0.2) is 11.6 Å². The number of aromatic nitrogens is 4. The molecule has 0 saturated carbocycles. The average Bonchev–Trinajstić information content (AvgIpc) is 3.43. The van der Waals surface area contributed by atoms with Gasteiger partial charge in [0.1, 0.15) is 12.8 Å². The number of rotatable bonds is 12. The highest BCUT2D eigenvalue weighted by Gasteiger charge is 2.17. The smallest absolute Gasteiger partial charge is 0.226 e. The van der Waals surface area contributed by atoms with Crippen LogP contribution in [0, 0.1) is 11.3 Å². The zero-order chi connectivity index (χ0) is 27.2. The zero-order valence-electron chi connectivity index (χ0n) is 21.9. The second-order valence-electron chi connectivity index (χ2n) is 10.3. The molecule has 0 spiro atoms. The van der Waals surface area contributed by atoms with E-state index in [4.69, 9.17) is 21.6 Å². The van der Waals surface area contributed by atoms with Gasteiger partial charge in [-0.2, -0.15) is 10.4 Å². The van der Waals surface area contributed by atoms with Crippen molar-refractivity contribution < 1.29 is 14.3 Å². The molecule has 1 atom stereocenters. The van der Waals surface area contributed by atoms with Crippen LogP contribution in [-0.2, 0) is 29.2 Å². The average molecular weight is 541 g/mol. The molecule has 2 aromatic heterocycles. The van der Waals surface area contributed by atoms with Crippen LogP contribution in [-0.4, -0.2) is 51.7 Å². The van der Waals surface area contributed by atoms with E-state index in [9.17, 15) is 9.59 Å². The minimum absolute atomic E-state index is 0.0562. The number of ether oxygens (including phenoxy) is 1. The molecule has 0 saturated heterocycles. The SMILES string of the molecule is CC(=O)c1nc(CC(=O)N[C@@H](C)Cn2ccc(-c3ccc(C#N)c(Cl)c3)n2)cn1COCC[Si](C)(C)C. The van der Waals surface area contributed by atoms with Crippen LogP contribution in [0.4, 0.5) is 0 Å². The Kier molecular flexibility index (Phi) is 9.43.